The highest BCUT2D eigenvalue weighted by Gasteiger charge is 2.34. The van der Waals surface area contributed by atoms with Crippen molar-refractivity contribution < 1.29 is 9.53 Å². The van der Waals surface area contributed by atoms with Crippen LogP contribution in [0.15, 0.2) is 30.3 Å². The van der Waals surface area contributed by atoms with Crippen molar-refractivity contribution in [3.05, 3.63) is 35.9 Å². The molecule has 112 valence electrons. The zero-order chi connectivity index (χ0) is 13.7. The molecule has 5 heteroatoms. The standard InChI is InChI=1S/C15H22N2O2.ClH/c1-12(16)14(18)17-11-15(7-9-19-10-8-15)13-5-3-2-4-6-13;/h2-6,12H,7-11,16H2,1H3,(H,17,18);1H/t12-;/m1./s1. The number of rotatable bonds is 4. The van der Waals surface area contributed by atoms with Crippen LogP contribution in [0.2, 0.25) is 0 Å². The first kappa shape index (κ1) is 17.0. The van der Waals surface area contributed by atoms with Crippen LogP contribution in [0.5, 0.6) is 0 Å². The Hall–Kier alpha value is -1.10. The van der Waals surface area contributed by atoms with Crippen LogP contribution in [0.25, 0.3) is 0 Å². The lowest BCUT2D eigenvalue weighted by Crippen LogP contribution is -2.48. The van der Waals surface area contributed by atoms with Gasteiger partial charge < -0.3 is 15.8 Å². The highest BCUT2D eigenvalue weighted by molar-refractivity contribution is 5.85. The van der Waals surface area contributed by atoms with Gasteiger partial charge in [0.25, 0.3) is 0 Å². The Balaban J connectivity index is 0.00000200. The molecule has 0 radical (unpaired) electrons. The number of hydrogen-bond donors (Lipinski definition) is 2. The van der Waals surface area contributed by atoms with Crippen molar-refractivity contribution in [3.63, 3.8) is 0 Å². The fraction of sp³-hybridized carbons (Fsp3) is 0.533. The molecule has 1 heterocycles. The van der Waals surface area contributed by atoms with Crippen molar-refractivity contribution in [2.75, 3.05) is 19.8 Å². The maximum Gasteiger partial charge on any atom is 0.236 e. The molecule has 0 aliphatic carbocycles. The van der Waals surface area contributed by atoms with Gasteiger partial charge in [0.05, 0.1) is 6.04 Å². The zero-order valence-electron chi connectivity index (χ0n) is 11.8. The predicted molar refractivity (Wildman–Crippen MR) is 82.1 cm³/mol. The monoisotopic (exact) mass is 298 g/mol. The van der Waals surface area contributed by atoms with Gasteiger partial charge in [-0.05, 0) is 25.3 Å². The molecule has 0 bridgehead atoms. The van der Waals surface area contributed by atoms with Gasteiger partial charge in [0.1, 0.15) is 0 Å². The fourth-order valence-electron chi connectivity index (χ4n) is 2.54. The molecule has 0 spiro atoms. The number of nitrogens with one attached hydrogen (secondary N) is 1. The van der Waals surface area contributed by atoms with E-state index < -0.39 is 6.04 Å². The first-order valence-corrected chi connectivity index (χ1v) is 6.81. The average Bonchev–Trinajstić information content (AvgIpc) is 2.46. The van der Waals surface area contributed by atoms with Crippen molar-refractivity contribution in [3.8, 4) is 0 Å². The average molecular weight is 299 g/mol. The van der Waals surface area contributed by atoms with Gasteiger partial charge in [-0.3, -0.25) is 4.79 Å². The molecule has 1 aromatic rings. The van der Waals surface area contributed by atoms with Crippen LogP contribution in [-0.4, -0.2) is 31.7 Å². The van der Waals surface area contributed by atoms with E-state index in [0.717, 1.165) is 26.1 Å². The molecule has 1 atom stereocenters. The molecule has 0 aromatic heterocycles. The van der Waals surface area contributed by atoms with E-state index >= 15 is 0 Å². The van der Waals surface area contributed by atoms with Gasteiger partial charge in [-0.15, -0.1) is 12.4 Å². The van der Waals surface area contributed by atoms with Crippen LogP contribution in [0, 0.1) is 0 Å². The highest BCUT2D eigenvalue weighted by Crippen LogP contribution is 2.34. The quantitative estimate of drug-likeness (QED) is 0.888. The summed E-state index contributed by atoms with van der Waals surface area (Å²) in [7, 11) is 0. The molecule has 1 aromatic carbocycles. The second-order valence-electron chi connectivity index (χ2n) is 5.27. The van der Waals surface area contributed by atoms with Crippen molar-refractivity contribution in [1.82, 2.24) is 5.32 Å². The van der Waals surface area contributed by atoms with Crippen LogP contribution in [0.1, 0.15) is 25.3 Å². The lowest BCUT2D eigenvalue weighted by molar-refractivity contribution is -0.122. The molecule has 1 fully saturated rings. The number of nitrogens with two attached hydrogens (primary N) is 1. The molecule has 1 aliphatic heterocycles. The van der Waals surface area contributed by atoms with Crippen LogP contribution >= 0.6 is 12.4 Å². The van der Waals surface area contributed by atoms with E-state index in [0.29, 0.717) is 6.54 Å². The molecule has 2 rings (SSSR count). The zero-order valence-corrected chi connectivity index (χ0v) is 12.6. The van der Waals surface area contributed by atoms with E-state index in [-0.39, 0.29) is 23.7 Å². The van der Waals surface area contributed by atoms with Crippen LogP contribution in [0.4, 0.5) is 0 Å². The highest BCUT2D eigenvalue weighted by atomic mass is 35.5. The third-order valence-electron chi connectivity index (χ3n) is 3.85. The Morgan fingerprint density at radius 2 is 1.95 bits per heavy atom. The third-order valence-corrected chi connectivity index (χ3v) is 3.85. The van der Waals surface area contributed by atoms with Gasteiger partial charge in [-0.2, -0.15) is 0 Å². The minimum Gasteiger partial charge on any atom is -0.381 e. The molecule has 20 heavy (non-hydrogen) atoms. The minimum absolute atomic E-state index is 0. The van der Waals surface area contributed by atoms with Gasteiger partial charge in [0.2, 0.25) is 5.91 Å². The second kappa shape index (κ2) is 7.62. The SMILES string of the molecule is C[C@@H](N)C(=O)NCC1(c2ccccc2)CCOCC1.Cl. The second-order valence-corrected chi connectivity index (χ2v) is 5.27. The van der Waals surface area contributed by atoms with Crippen molar-refractivity contribution in [1.29, 1.82) is 0 Å². The van der Waals surface area contributed by atoms with E-state index in [2.05, 4.69) is 17.4 Å². The maximum absolute atomic E-state index is 11.7. The summed E-state index contributed by atoms with van der Waals surface area (Å²) in [6.07, 6.45) is 1.85. The summed E-state index contributed by atoms with van der Waals surface area (Å²) < 4.78 is 5.46. The lowest BCUT2D eigenvalue weighted by atomic mass is 9.74. The van der Waals surface area contributed by atoms with Crippen LogP contribution < -0.4 is 11.1 Å². The smallest absolute Gasteiger partial charge is 0.236 e. The van der Waals surface area contributed by atoms with Gasteiger partial charge in [0.15, 0.2) is 0 Å². The van der Waals surface area contributed by atoms with Crippen LogP contribution in [-0.2, 0) is 14.9 Å². The van der Waals surface area contributed by atoms with E-state index in [1.165, 1.54) is 5.56 Å². The Morgan fingerprint density at radius 3 is 2.50 bits per heavy atom. The summed E-state index contributed by atoms with van der Waals surface area (Å²) in [5, 5.41) is 2.97. The van der Waals surface area contributed by atoms with Crippen LogP contribution in [0.3, 0.4) is 0 Å². The van der Waals surface area contributed by atoms with E-state index in [1.54, 1.807) is 6.92 Å². The summed E-state index contributed by atoms with van der Waals surface area (Å²) >= 11 is 0. The minimum atomic E-state index is -0.465. The first-order chi connectivity index (χ1) is 9.14. The number of benzene rings is 1. The molecule has 1 saturated heterocycles. The number of carbonyl (C=O) groups excluding carboxylic acids is 1. The van der Waals surface area contributed by atoms with Crippen molar-refractivity contribution >= 4 is 18.3 Å². The molecule has 1 amide bonds. The Kier molecular flexibility index (Phi) is 6.46. The molecule has 0 unspecified atom stereocenters. The number of amides is 1. The number of ether oxygens (including phenoxy) is 1. The number of carbonyl (C=O) groups is 1. The van der Waals surface area contributed by atoms with E-state index in [9.17, 15) is 4.79 Å². The van der Waals surface area contributed by atoms with Gasteiger partial charge in [0, 0.05) is 25.2 Å². The molecule has 1 aliphatic rings. The molecule has 3 N–H and O–H groups in total. The first-order valence-electron chi connectivity index (χ1n) is 6.81. The maximum atomic E-state index is 11.7. The molecule has 0 saturated carbocycles. The summed E-state index contributed by atoms with van der Waals surface area (Å²) in [5.41, 5.74) is 6.84. The van der Waals surface area contributed by atoms with Gasteiger partial charge in [-0.25, -0.2) is 0 Å². The summed E-state index contributed by atoms with van der Waals surface area (Å²) in [6, 6.07) is 9.89. The van der Waals surface area contributed by atoms with E-state index in [1.807, 2.05) is 18.2 Å². The largest absolute Gasteiger partial charge is 0.381 e. The molecular formula is C15H23ClN2O2. The lowest BCUT2D eigenvalue weighted by Gasteiger charge is -2.38. The normalized spacial score (nSPS) is 18.7. The van der Waals surface area contributed by atoms with Gasteiger partial charge in [-0.1, -0.05) is 30.3 Å². The fourth-order valence-corrected chi connectivity index (χ4v) is 2.54. The topological polar surface area (TPSA) is 64.4 Å². The third kappa shape index (κ3) is 3.95. The predicted octanol–water partition coefficient (Wildman–Crippen LogP) is 1.62. The van der Waals surface area contributed by atoms with Gasteiger partial charge >= 0.3 is 0 Å². The molecular weight excluding hydrogens is 276 g/mol. The number of halogens is 1. The van der Waals surface area contributed by atoms with Crippen molar-refractivity contribution in [2.24, 2.45) is 5.73 Å². The molecule has 4 nitrogen and oxygen atoms in total. The summed E-state index contributed by atoms with van der Waals surface area (Å²) in [6.45, 7) is 3.81. The summed E-state index contributed by atoms with van der Waals surface area (Å²) in [5.74, 6) is -0.0956. The Bertz CT molecular complexity index is 417. The Labute approximate surface area is 126 Å². The van der Waals surface area contributed by atoms with E-state index in [4.69, 9.17) is 10.5 Å². The number of hydrogen-bond acceptors (Lipinski definition) is 3. The van der Waals surface area contributed by atoms with Crippen molar-refractivity contribution in [2.45, 2.75) is 31.2 Å². The summed E-state index contributed by atoms with van der Waals surface area (Å²) in [4.78, 5) is 11.7. The Morgan fingerprint density at radius 1 is 1.35 bits per heavy atom.